The van der Waals surface area contributed by atoms with E-state index >= 15 is 0 Å². The van der Waals surface area contributed by atoms with Crippen LogP contribution in [0.2, 0.25) is 0 Å². The SMILES string of the molecule is COc1ccc(CNC23CC4CC(C)(CC(C)(C4)C2)C3)cc1. The fraction of sp³-hybridized carbons (Fsp3) is 0.700. The number of nitrogens with one attached hydrogen (secondary N) is 1. The van der Waals surface area contributed by atoms with Crippen molar-refractivity contribution in [3.05, 3.63) is 29.8 Å². The van der Waals surface area contributed by atoms with E-state index in [4.69, 9.17) is 4.74 Å². The Bertz CT molecular complexity index is 546. The van der Waals surface area contributed by atoms with Crippen LogP contribution >= 0.6 is 0 Å². The van der Waals surface area contributed by atoms with E-state index in [1.54, 1.807) is 7.11 Å². The van der Waals surface area contributed by atoms with Gasteiger partial charge in [-0.2, -0.15) is 0 Å². The fourth-order valence-electron chi connectivity index (χ4n) is 6.68. The van der Waals surface area contributed by atoms with E-state index in [0.717, 1.165) is 18.2 Å². The maximum atomic E-state index is 5.25. The molecule has 1 aromatic rings. The van der Waals surface area contributed by atoms with Crippen LogP contribution in [0.4, 0.5) is 0 Å². The van der Waals surface area contributed by atoms with Crippen molar-refractivity contribution in [3.8, 4) is 5.75 Å². The minimum absolute atomic E-state index is 0.392. The largest absolute Gasteiger partial charge is 0.497 e. The maximum absolute atomic E-state index is 5.25. The van der Waals surface area contributed by atoms with Crippen molar-refractivity contribution in [2.75, 3.05) is 7.11 Å². The molecule has 4 fully saturated rings. The van der Waals surface area contributed by atoms with E-state index < -0.39 is 0 Å². The highest BCUT2D eigenvalue weighted by molar-refractivity contribution is 5.27. The maximum Gasteiger partial charge on any atom is 0.118 e. The fourth-order valence-corrected chi connectivity index (χ4v) is 6.68. The first-order chi connectivity index (χ1) is 10.4. The number of rotatable bonds is 4. The molecular formula is C20H29NO. The third-order valence-electron chi connectivity index (χ3n) is 6.45. The lowest BCUT2D eigenvalue weighted by Crippen LogP contribution is -2.63. The van der Waals surface area contributed by atoms with Gasteiger partial charge in [0.2, 0.25) is 0 Å². The topological polar surface area (TPSA) is 21.3 Å². The van der Waals surface area contributed by atoms with Gasteiger partial charge in [0.05, 0.1) is 7.11 Å². The summed E-state index contributed by atoms with van der Waals surface area (Å²) in [6.07, 6.45) is 8.53. The molecule has 0 amide bonds. The minimum Gasteiger partial charge on any atom is -0.497 e. The van der Waals surface area contributed by atoms with Gasteiger partial charge < -0.3 is 10.1 Å². The molecular weight excluding hydrogens is 270 g/mol. The molecule has 120 valence electrons. The van der Waals surface area contributed by atoms with Crippen LogP contribution < -0.4 is 10.1 Å². The van der Waals surface area contributed by atoms with Crippen molar-refractivity contribution in [2.45, 2.75) is 64.5 Å². The molecule has 0 radical (unpaired) electrons. The first-order valence-electron chi connectivity index (χ1n) is 8.80. The summed E-state index contributed by atoms with van der Waals surface area (Å²) in [7, 11) is 1.73. The number of hydrogen-bond acceptors (Lipinski definition) is 2. The third-order valence-corrected chi connectivity index (χ3v) is 6.45. The van der Waals surface area contributed by atoms with Gasteiger partial charge in [0.1, 0.15) is 5.75 Å². The van der Waals surface area contributed by atoms with Crippen LogP contribution in [0.5, 0.6) is 5.75 Å². The molecule has 2 unspecified atom stereocenters. The van der Waals surface area contributed by atoms with Crippen molar-refractivity contribution in [1.82, 2.24) is 5.32 Å². The molecule has 2 atom stereocenters. The van der Waals surface area contributed by atoms with Crippen LogP contribution in [0.1, 0.15) is 57.9 Å². The lowest BCUT2D eigenvalue weighted by molar-refractivity contribution is -0.118. The van der Waals surface area contributed by atoms with Crippen LogP contribution in [0.3, 0.4) is 0 Å². The third kappa shape index (κ3) is 2.46. The van der Waals surface area contributed by atoms with Gasteiger partial charge in [-0.05, 0) is 73.0 Å². The van der Waals surface area contributed by atoms with E-state index in [1.807, 2.05) is 0 Å². The molecule has 4 aliphatic rings. The Morgan fingerprint density at radius 2 is 1.64 bits per heavy atom. The molecule has 2 heteroatoms. The summed E-state index contributed by atoms with van der Waals surface area (Å²) in [4.78, 5) is 0. The Hall–Kier alpha value is -1.02. The van der Waals surface area contributed by atoms with Crippen molar-refractivity contribution >= 4 is 0 Å². The van der Waals surface area contributed by atoms with E-state index in [9.17, 15) is 0 Å². The van der Waals surface area contributed by atoms with E-state index in [0.29, 0.717) is 16.4 Å². The van der Waals surface area contributed by atoms with Crippen molar-refractivity contribution in [1.29, 1.82) is 0 Å². The zero-order valence-corrected chi connectivity index (χ0v) is 14.2. The zero-order valence-electron chi connectivity index (χ0n) is 14.2. The van der Waals surface area contributed by atoms with Crippen LogP contribution in [-0.4, -0.2) is 12.6 Å². The Morgan fingerprint density at radius 3 is 2.18 bits per heavy atom. The molecule has 0 heterocycles. The van der Waals surface area contributed by atoms with E-state index in [-0.39, 0.29) is 0 Å². The molecule has 0 spiro atoms. The van der Waals surface area contributed by atoms with E-state index in [1.165, 1.54) is 44.1 Å². The highest BCUT2D eigenvalue weighted by atomic mass is 16.5. The van der Waals surface area contributed by atoms with Crippen molar-refractivity contribution in [2.24, 2.45) is 16.7 Å². The Kier molecular flexibility index (Phi) is 3.14. The van der Waals surface area contributed by atoms with E-state index in [2.05, 4.69) is 43.4 Å². The van der Waals surface area contributed by atoms with Gasteiger partial charge >= 0.3 is 0 Å². The van der Waals surface area contributed by atoms with Crippen LogP contribution in [0, 0.1) is 16.7 Å². The molecule has 4 saturated carbocycles. The second kappa shape index (κ2) is 4.74. The highest BCUT2D eigenvalue weighted by Crippen LogP contribution is 2.66. The second-order valence-corrected chi connectivity index (χ2v) is 9.11. The molecule has 4 bridgehead atoms. The molecule has 1 N–H and O–H groups in total. The number of hydrogen-bond donors (Lipinski definition) is 1. The zero-order chi connectivity index (χ0) is 15.4. The first kappa shape index (κ1) is 14.6. The second-order valence-electron chi connectivity index (χ2n) is 9.11. The number of methoxy groups -OCH3 is 1. The smallest absolute Gasteiger partial charge is 0.118 e. The molecule has 2 nitrogen and oxygen atoms in total. The molecule has 4 aliphatic carbocycles. The Labute approximate surface area is 134 Å². The summed E-state index contributed by atoms with van der Waals surface area (Å²) < 4.78 is 5.25. The predicted octanol–water partition coefficient (Wildman–Crippen LogP) is 4.53. The molecule has 22 heavy (non-hydrogen) atoms. The minimum atomic E-state index is 0.392. The van der Waals surface area contributed by atoms with Crippen LogP contribution in [0.25, 0.3) is 0 Å². The van der Waals surface area contributed by atoms with Crippen LogP contribution in [0.15, 0.2) is 24.3 Å². The van der Waals surface area contributed by atoms with Gasteiger partial charge in [0, 0.05) is 12.1 Å². The monoisotopic (exact) mass is 299 g/mol. The van der Waals surface area contributed by atoms with Gasteiger partial charge in [0.15, 0.2) is 0 Å². The average Bonchev–Trinajstić information content (AvgIpc) is 2.42. The molecule has 0 saturated heterocycles. The summed E-state index contributed by atoms with van der Waals surface area (Å²) >= 11 is 0. The van der Waals surface area contributed by atoms with Crippen molar-refractivity contribution in [3.63, 3.8) is 0 Å². The Morgan fingerprint density at radius 1 is 1.00 bits per heavy atom. The summed E-state index contributed by atoms with van der Waals surface area (Å²) in [5, 5.41) is 3.99. The quantitative estimate of drug-likeness (QED) is 0.881. The molecule has 0 aromatic heterocycles. The van der Waals surface area contributed by atoms with Crippen molar-refractivity contribution < 1.29 is 4.74 Å². The average molecular weight is 299 g/mol. The van der Waals surface area contributed by atoms with Gasteiger partial charge in [0.25, 0.3) is 0 Å². The summed E-state index contributed by atoms with van der Waals surface area (Å²) in [6, 6.07) is 8.52. The Balaban J connectivity index is 1.50. The molecule has 1 aromatic carbocycles. The summed E-state index contributed by atoms with van der Waals surface area (Å²) in [5.41, 5.74) is 2.93. The number of ether oxygens (including phenoxy) is 1. The van der Waals surface area contributed by atoms with Gasteiger partial charge in [-0.1, -0.05) is 26.0 Å². The first-order valence-corrected chi connectivity index (χ1v) is 8.80. The molecule has 0 aliphatic heterocycles. The highest BCUT2D eigenvalue weighted by Gasteiger charge is 2.59. The lowest BCUT2D eigenvalue weighted by Gasteiger charge is -2.65. The van der Waals surface area contributed by atoms with Gasteiger partial charge in [-0.15, -0.1) is 0 Å². The summed E-state index contributed by atoms with van der Waals surface area (Å²) in [6.45, 7) is 6.07. The predicted molar refractivity (Wildman–Crippen MR) is 90.0 cm³/mol. The van der Waals surface area contributed by atoms with Gasteiger partial charge in [-0.25, -0.2) is 0 Å². The normalized spacial score (nSPS) is 42.6. The van der Waals surface area contributed by atoms with Gasteiger partial charge in [-0.3, -0.25) is 0 Å². The number of benzene rings is 1. The molecule has 5 rings (SSSR count). The summed E-state index contributed by atoms with van der Waals surface area (Å²) in [5.74, 6) is 1.90. The van der Waals surface area contributed by atoms with Crippen LogP contribution in [-0.2, 0) is 6.54 Å². The standard InChI is InChI=1S/C20H29NO/c1-18-8-16-9-19(2,12-18)14-20(10-16,13-18)21-11-15-4-6-17(22-3)7-5-15/h4-7,16,21H,8-14H2,1-3H3. The lowest BCUT2D eigenvalue weighted by atomic mass is 9.43.